The number of hydrogen-bond donors (Lipinski definition) is 2. The van der Waals surface area contributed by atoms with Crippen molar-refractivity contribution in [1.82, 2.24) is 0 Å². The highest BCUT2D eigenvalue weighted by atomic mass is 35.5. The van der Waals surface area contributed by atoms with Crippen molar-refractivity contribution >= 4 is 28.9 Å². The number of aliphatic hydroxyl groups is 1. The van der Waals surface area contributed by atoms with E-state index in [1.54, 1.807) is 24.9 Å². The van der Waals surface area contributed by atoms with Crippen LogP contribution >= 0.6 is 11.6 Å². The summed E-state index contributed by atoms with van der Waals surface area (Å²) in [6.45, 7) is 2.31. The lowest BCUT2D eigenvalue weighted by Gasteiger charge is -2.22. The van der Waals surface area contributed by atoms with E-state index in [4.69, 9.17) is 27.2 Å². The average molecular weight is 273 g/mol. The molecule has 18 heavy (non-hydrogen) atoms. The molecule has 0 radical (unpaired) electrons. The maximum absolute atomic E-state index is 11.9. The first-order valence-electron chi connectivity index (χ1n) is 5.59. The molecule has 0 aliphatic heterocycles. The molecule has 0 fully saturated rings. The van der Waals surface area contributed by atoms with Gasteiger partial charge < -0.3 is 20.5 Å². The van der Waals surface area contributed by atoms with Gasteiger partial charge in [0.1, 0.15) is 0 Å². The van der Waals surface area contributed by atoms with Gasteiger partial charge in [-0.25, -0.2) is 4.79 Å². The number of esters is 1. The van der Waals surface area contributed by atoms with Gasteiger partial charge in [0.2, 0.25) is 0 Å². The molecule has 0 heterocycles. The zero-order valence-electron chi connectivity index (χ0n) is 10.4. The maximum Gasteiger partial charge on any atom is 0.340 e. The molecule has 1 aromatic carbocycles. The third-order valence-corrected chi connectivity index (χ3v) is 2.69. The second kappa shape index (κ2) is 6.47. The highest BCUT2D eigenvalue weighted by molar-refractivity contribution is 6.34. The second-order valence-electron chi connectivity index (χ2n) is 3.76. The SMILES string of the molecule is CCOC(=O)c1cc(N)cc(Cl)c1N(C)CCO. The molecule has 0 aliphatic carbocycles. The van der Waals surface area contributed by atoms with E-state index in [9.17, 15) is 4.79 Å². The lowest BCUT2D eigenvalue weighted by molar-refractivity contribution is 0.0527. The van der Waals surface area contributed by atoms with Crippen molar-refractivity contribution in [2.45, 2.75) is 6.92 Å². The van der Waals surface area contributed by atoms with Gasteiger partial charge in [-0.15, -0.1) is 0 Å². The van der Waals surface area contributed by atoms with E-state index >= 15 is 0 Å². The first kappa shape index (κ1) is 14.6. The number of anilines is 2. The number of likely N-dealkylation sites (N-methyl/N-ethyl adjacent to an activating group) is 1. The highest BCUT2D eigenvalue weighted by Gasteiger charge is 2.19. The van der Waals surface area contributed by atoms with Crippen LogP contribution in [0.15, 0.2) is 12.1 Å². The van der Waals surface area contributed by atoms with Crippen LogP contribution in [0.25, 0.3) is 0 Å². The molecule has 100 valence electrons. The van der Waals surface area contributed by atoms with Crippen molar-refractivity contribution in [3.8, 4) is 0 Å². The summed E-state index contributed by atoms with van der Waals surface area (Å²) in [6.07, 6.45) is 0. The monoisotopic (exact) mass is 272 g/mol. The molecule has 0 unspecified atom stereocenters. The Balaban J connectivity index is 3.24. The minimum absolute atomic E-state index is 0.0422. The van der Waals surface area contributed by atoms with E-state index in [0.29, 0.717) is 28.5 Å². The van der Waals surface area contributed by atoms with Crippen molar-refractivity contribution < 1.29 is 14.6 Å². The van der Waals surface area contributed by atoms with Gasteiger partial charge in [-0.2, -0.15) is 0 Å². The molecule has 5 nitrogen and oxygen atoms in total. The summed E-state index contributed by atoms with van der Waals surface area (Å²) in [5, 5.41) is 9.31. The number of nitrogen functional groups attached to an aromatic ring is 1. The van der Waals surface area contributed by atoms with E-state index in [1.807, 2.05) is 0 Å². The molecular formula is C12H17ClN2O3. The number of nitrogens with zero attached hydrogens (tertiary/aromatic N) is 1. The molecule has 0 saturated heterocycles. The second-order valence-corrected chi connectivity index (χ2v) is 4.17. The standard InChI is InChI=1S/C12H17ClN2O3/c1-3-18-12(17)9-6-8(14)7-10(13)11(9)15(2)4-5-16/h6-7,16H,3-5,14H2,1-2H3. The minimum Gasteiger partial charge on any atom is -0.462 e. The van der Waals surface area contributed by atoms with Gasteiger partial charge in [-0.3, -0.25) is 0 Å². The predicted molar refractivity (Wildman–Crippen MR) is 72.2 cm³/mol. The summed E-state index contributed by atoms with van der Waals surface area (Å²) >= 11 is 6.10. The van der Waals surface area contributed by atoms with E-state index in [-0.39, 0.29) is 13.2 Å². The van der Waals surface area contributed by atoms with Gasteiger partial charge >= 0.3 is 5.97 Å². The van der Waals surface area contributed by atoms with Crippen molar-refractivity contribution in [3.05, 3.63) is 22.7 Å². The van der Waals surface area contributed by atoms with Crippen LogP contribution in [0.1, 0.15) is 17.3 Å². The number of rotatable bonds is 5. The summed E-state index contributed by atoms with van der Waals surface area (Å²) in [4.78, 5) is 13.5. The van der Waals surface area contributed by atoms with Crippen molar-refractivity contribution in [2.24, 2.45) is 0 Å². The quantitative estimate of drug-likeness (QED) is 0.628. The summed E-state index contributed by atoms with van der Waals surface area (Å²) in [7, 11) is 1.73. The largest absolute Gasteiger partial charge is 0.462 e. The Morgan fingerprint density at radius 3 is 2.78 bits per heavy atom. The number of carbonyl (C=O) groups is 1. The number of nitrogens with two attached hydrogens (primary N) is 1. The van der Waals surface area contributed by atoms with Gasteiger partial charge in [0.05, 0.1) is 29.5 Å². The summed E-state index contributed by atoms with van der Waals surface area (Å²) in [5.41, 5.74) is 6.88. The fraction of sp³-hybridized carbons (Fsp3) is 0.417. The van der Waals surface area contributed by atoms with Crippen LogP contribution in [0.3, 0.4) is 0 Å². The van der Waals surface area contributed by atoms with Crippen LogP contribution in [-0.2, 0) is 4.74 Å². The van der Waals surface area contributed by atoms with E-state index in [0.717, 1.165) is 0 Å². The van der Waals surface area contributed by atoms with E-state index in [1.165, 1.54) is 6.07 Å². The van der Waals surface area contributed by atoms with Gasteiger partial charge in [-0.1, -0.05) is 11.6 Å². The molecule has 1 rings (SSSR count). The third-order valence-electron chi connectivity index (χ3n) is 2.40. The molecule has 6 heteroatoms. The van der Waals surface area contributed by atoms with Crippen molar-refractivity contribution in [1.29, 1.82) is 0 Å². The summed E-state index contributed by atoms with van der Waals surface area (Å²) in [6, 6.07) is 3.08. The molecule has 0 bridgehead atoms. The van der Waals surface area contributed by atoms with Crippen LogP contribution in [0.5, 0.6) is 0 Å². The van der Waals surface area contributed by atoms with Crippen molar-refractivity contribution in [3.63, 3.8) is 0 Å². The molecule has 0 aliphatic rings. The van der Waals surface area contributed by atoms with Gasteiger partial charge in [0.25, 0.3) is 0 Å². The fourth-order valence-corrected chi connectivity index (χ4v) is 2.01. The minimum atomic E-state index is -0.480. The number of hydrogen-bond acceptors (Lipinski definition) is 5. The smallest absolute Gasteiger partial charge is 0.340 e. The van der Waals surface area contributed by atoms with Crippen LogP contribution < -0.4 is 10.6 Å². The Morgan fingerprint density at radius 2 is 2.22 bits per heavy atom. The fourth-order valence-electron chi connectivity index (χ4n) is 1.63. The maximum atomic E-state index is 11.9. The van der Waals surface area contributed by atoms with Crippen molar-refractivity contribution in [2.75, 3.05) is 37.4 Å². The zero-order valence-corrected chi connectivity index (χ0v) is 11.2. The molecular weight excluding hydrogens is 256 g/mol. The Morgan fingerprint density at radius 1 is 1.56 bits per heavy atom. The van der Waals surface area contributed by atoms with Gasteiger partial charge in [-0.05, 0) is 19.1 Å². The number of ether oxygens (including phenoxy) is 1. The molecule has 0 amide bonds. The first-order valence-corrected chi connectivity index (χ1v) is 5.97. The number of carbonyl (C=O) groups excluding carboxylic acids is 1. The van der Waals surface area contributed by atoms with Gasteiger partial charge in [0, 0.05) is 19.3 Å². The molecule has 0 atom stereocenters. The van der Waals surface area contributed by atoms with E-state index < -0.39 is 5.97 Å². The normalized spacial score (nSPS) is 10.2. The number of benzene rings is 1. The van der Waals surface area contributed by atoms with Crippen LogP contribution in [0.2, 0.25) is 5.02 Å². The molecule has 3 N–H and O–H groups in total. The van der Waals surface area contributed by atoms with Gasteiger partial charge in [0.15, 0.2) is 0 Å². The summed E-state index contributed by atoms with van der Waals surface area (Å²) < 4.78 is 4.96. The molecule has 1 aromatic rings. The molecule has 0 spiro atoms. The highest BCUT2D eigenvalue weighted by Crippen LogP contribution is 2.32. The lowest BCUT2D eigenvalue weighted by atomic mass is 10.1. The van der Waals surface area contributed by atoms with E-state index in [2.05, 4.69) is 0 Å². The molecule has 0 aromatic heterocycles. The predicted octanol–water partition coefficient (Wildman–Crippen LogP) is 1.53. The number of halogens is 1. The number of aliphatic hydroxyl groups excluding tert-OH is 1. The Hall–Kier alpha value is -1.46. The Bertz CT molecular complexity index is 438. The Labute approximate surface area is 111 Å². The topological polar surface area (TPSA) is 75.8 Å². The van der Waals surface area contributed by atoms with Crippen LogP contribution in [-0.4, -0.2) is 37.9 Å². The van der Waals surface area contributed by atoms with Crippen LogP contribution in [0.4, 0.5) is 11.4 Å². The lowest BCUT2D eigenvalue weighted by Crippen LogP contribution is -2.24. The average Bonchev–Trinajstić information content (AvgIpc) is 2.28. The van der Waals surface area contributed by atoms with Crippen LogP contribution in [0, 0.1) is 0 Å². The molecule has 0 saturated carbocycles. The Kier molecular flexibility index (Phi) is 5.25. The third kappa shape index (κ3) is 3.27. The first-order chi connectivity index (χ1) is 8.51. The zero-order chi connectivity index (χ0) is 13.7. The summed E-state index contributed by atoms with van der Waals surface area (Å²) in [5.74, 6) is -0.480.